The molecule has 0 aliphatic heterocycles. The van der Waals surface area contributed by atoms with Crippen LogP contribution in [0.15, 0.2) is 83.9 Å². The molecule has 0 bridgehead atoms. The van der Waals surface area contributed by atoms with Gasteiger partial charge in [0.25, 0.3) is 0 Å². The van der Waals surface area contributed by atoms with E-state index >= 15 is 0 Å². The molecule has 2 saturated carbocycles. The number of benzene rings is 2. The summed E-state index contributed by atoms with van der Waals surface area (Å²) in [6, 6.07) is 20.7. The van der Waals surface area contributed by atoms with E-state index in [-0.39, 0.29) is 23.5 Å². The maximum absolute atomic E-state index is 12.6. The molecule has 2 aliphatic rings. The van der Waals surface area contributed by atoms with Gasteiger partial charge in [0.05, 0.1) is 35.1 Å². The number of aromatic nitrogens is 2. The molecule has 0 N–H and O–H groups in total. The maximum Gasteiger partial charge on any atom is 0.315 e. The molecule has 0 unspecified atom stereocenters. The molecule has 2 fully saturated rings. The van der Waals surface area contributed by atoms with Crippen LogP contribution in [-0.2, 0) is 28.7 Å². The highest BCUT2D eigenvalue weighted by atomic mass is 79.9. The zero-order valence-corrected chi connectivity index (χ0v) is 34.7. The minimum atomic E-state index is -0.702. The van der Waals surface area contributed by atoms with E-state index in [1.54, 1.807) is 13.0 Å². The Labute approximate surface area is 334 Å². The molecule has 9 heteroatoms. The summed E-state index contributed by atoms with van der Waals surface area (Å²) in [5, 5.41) is 2.29. The van der Waals surface area contributed by atoms with Gasteiger partial charge in [-0.15, -0.1) is 6.58 Å². The third-order valence-electron chi connectivity index (χ3n) is 10.3. The van der Waals surface area contributed by atoms with Crippen molar-refractivity contribution < 1.29 is 28.7 Å². The Hall–Kier alpha value is -4.50. The molecule has 0 saturated heterocycles. The Balaban J connectivity index is 0.000000202. The first-order valence-electron chi connectivity index (χ1n) is 19.4. The number of Topliss-reactive ketones (excluding diaryl/α,β-unsaturated/α-hetero) is 2. The SMILES string of the molecule is C=CC1(C(=O)OCC)CCC(=O)CC1.CC(C)c1ccc2ccc(Br)cc2n1.CCOC(=O)C1(/C=C/c2ccc3ccc(C(C)C)nc3c2)CCC(=O)CC1. The van der Waals surface area contributed by atoms with Crippen molar-refractivity contribution in [3.63, 3.8) is 0 Å². The minimum Gasteiger partial charge on any atom is -0.465 e. The van der Waals surface area contributed by atoms with Crippen molar-refractivity contribution in [3.05, 3.63) is 101 Å². The highest BCUT2D eigenvalue weighted by molar-refractivity contribution is 9.10. The van der Waals surface area contributed by atoms with Gasteiger partial charge in [0.1, 0.15) is 11.6 Å². The first kappa shape index (κ1) is 43.2. The van der Waals surface area contributed by atoms with Crippen LogP contribution in [0.1, 0.15) is 122 Å². The van der Waals surface area contributed by atoms with Crippen LogP contribution in [0.25, 0.3) is 27.9 Å². The van der Waals surface area contributed by atoms with E-state index in [0.29, 0.717) is 76.4 Å². The number of halogens is 1. The second kappa shape index (κ2) is 19.9. The van der Waals surface area contributed by atoms with Gasteiger partial charge in [-0.2, -0.15) is 0 Å². The summed E-state index contributed by atoms with van der Waals surface area (Å²) in [4.78, 5) is 56.3. The Morgan fingerprint density at radius 1 is 0.709 bits per heavy atom. The predicted molar refractivity (Wildman–Crippen MR) is 224 cm³/mol. The molecule has 2 aliphatic carbocycles. The van der Waals surface area contributed by atoms with Crippen molar-refractivity contribution in [2.24, 2.45) is 10.8 Å². The van der Waals surface area contributed by atoms with Crippen molar-refractivity contribution in [3.8, 4) is 0 Å². The molecule has 8 nitrogen and oxygen atoms in total. The van der Waals surface area contributed by atoms with Gasteiger partial charge in [0, 0.05) is 52.3 Å². The third-order valence-corrected chi connectivity index (χ3v) is 10.8. The van der Waals surface area contributed by atoms with E-state index in [2.05, 4.69) is 91.6 Å². The molecule has 4 aromatic rings. The summed E-state index contributed by atoms with van der Waals surface area (Å²) in [7, 11) is 0. The number of carbonyl (C=O) groups is 4. The van der Waals surface area contributed by atoms with Gasteiger partial charge in [0.2, 0.25) is 0 Å². The Morgan fingerprint density at radius 2 is 1.15 bits per heavy atom. The maximum atomic E-state index is 12.6. The average molecular weight is 812 g/mol. The second-order valence-electron chi connectivity index (χ2n) is 14.9. The number of ketones is 2. The van der Waals surface area contributed by atoms with E-state index in [9.17, 15) is 19.2 Å². The lowest BCUT2D eigenvalue weighted by Crippen LogP contribution is -2.35. The first-order chi connectivity index (χ1) is 26.2. The van der Waals surface area contributed by atoms with Crippen molar-refractivity contribution in [1.82, 2.24) is 9.97 Å². The molecule has 292 valence electrons. The topological polar surface area (TPSA) is 113 Å². The van der Waals surface area contributed by atoms with Gasteiger partial charge in [-0.3, -0.25) is 29.1 Å². The lowest BCUT2D eigenvalue weighted by atomic mass is 9.73. The lowest BCUT2D eigenvalue weighted by Gasteiger charge is -2.31. The Kier molecular flexibility index (Phi) is 15.6. The Bertz CT molecular complexity index is 2010. The van der Waals surface area contributed by atoms with E-state index in [4.69, 9.17) is 14.5 Å². The van der Waals surface area contributed by atoms with Gasteiger partial charge in [-0.05, 0) is 87.3 Å². The summed E-state index contributed by atoms with van der Waals surface area (Å²) >= 11 is 3.45. The fraction of sp³-hybridized carbons (Fsp3) is 0.435. The molecule has 2 aromatic heterocycles. The van der Waals surface area contributed by atoms with Crippen LogP contribution in [0.5, 0.6) is 0 Å². The summed E-state index contributed by atoms with van der Waals surface area (Å²) in [5.74, 6) is 0.849. The molecule has 2 aromatic carbocycles. The van der Waals surface area contributed by atoms with E-state index in [0.717, 1.165) is 37.8 Å². The lowest BCUT2D eigenvalue weighted by molar-refractivity contribution is -0.155. The van der Waals surface area contributed by atoms with Gasteiger partial charge < -0.3 is 9.47 Å². The smallest absolute Gasteiger partial charge is 0.315 e. The number of pyridine rings is 2. The summed E-state index contributed by atoms with van der Waals surface area (Å²) in [6.07, 6.45) is 9.46. The predicted octanol–water partition coefficient (Wildman–Crippen LogP) is 11.0. The molecule has 6 rings (SSSR count). The normalized spacial score (nSPS) is 16.3. The molecular weight excluding hydrogens is 756 g/mol. The minimum absolute atomic E-state index is 0.222. The van der Waals surface area contributed by atoms with Gasteiger partial charge in [0.15, 0.2) is 0 Å². The molecule has 0 atom stereocenters. The van der Waals surface area contributed by atoms with Crippen molar-refractivity contribution in [2.75, 3.05) is 13.2 Å². The highest BCUT2D eigenvalue weighted by Crippen LogP contribution is 2.39. The van der Waals surface area contributed by atoms with Crippen LogP contribution in [-0.4, -0.2) is 46.7 Å². The van der Waals surface area contributed by atoms with Crippen LogP contribution < -0.4 is 0 Å². The zero-order valence-electron chi connectivity index (χ0n) is 33.2. The van der Waals surface area contributed by atoms with E-state index in [1.807, 2.05) is 43.3 Å². The third kappa shape index (κ3) is 11.5. The van der Waals surface area contributed by atoms with Gasteiger partial charge in [-0.1, -0.05) is 92.2 Å². The first-order valence-corrected chi connectivity index (χ1v) is 20.2. The molecule has 0 amide bonds. The number of esters is 2. The van der Waals surface area contributed by atoms with Gasteiger partial charge in [-0.25, -0.2) is 0 Å². The molecule has 2 heterocycles. The quantitative estimate of drug-likeness (QED) is 0.121. The fourth-order valence-corrected chi connectivity index (χ4v) is 7.04. The largest absolute Gasteiger partial charge is 0.465 e. The number of fused-ring (bicyclic) bond motifs is 2. The number of nitrogens with zero attached hydrogens (tertiary/aromatic N) is 2. The zero-order chi connectivity index (χ0) is 40.2. The van der Waals surface area contributed by atoms with Gasteiger partial charge >= 0.3 is 11.9 Å². The summed E-state index contributed by atoms with van der Waals surface area (Å²) < 4.78 is 11.4. The van der Waals surface area contributed by atoms with Crippen LogP contribution in [0, 0.1) is 10.8 Å². The van der Waals surface area contributed by atoms with Crippen molar-refractivity contribution in [1.29, 1.82) is 0 Å². The molecule has 0 radical (unpaired) electrons. The van der Waals surface area contributed by atoms with Crippen LogP contribution in [0.2, 0.25) is 0 Å². The standard InChI is InChI=1S/C23H27NO3.C12H12BrN.C11H16O3/c1-4-27-22(26)23(13-10-19(25)11-14-23)12-9-17-5-6-18-7-8-20(16(2)3)24-21(18)15-17;1-8(2)11-6-4-9-3-5-10(13)7-12(9)14-11;1-3-11(10(13)14-4-2)7-5-9(12)6-8-11/h5-9,12,15-16H,4,10-11,13-14H2,1-3H3;3-8H,1-2H3;3H,1,4-8H2,2H3/b12-9+;;. The van der Waals surface area contributed by atoms with Crippen LogP contribution in [0.4, 0.5) is 0 Å². The number of carbonyl (C=O) groups excluding carboxylic acids is 4. The molecule has 0 spiro atoms. The summed E-state index contributed by atoms with van der Waals surface area (Å²) in [5.41, 5.74) is 3.91. The average Bonchev–Trinajstić information content (AvgIpc) is 3.18. The van der Waals surface area contributed by atoms with E-state index in [1.165, 1.54) is 5.39 Å². The monoisotopic (exact) mass is 810 g/mol. The summed E-state index contributed by atoms with van der Waals surface area (Å²) in [6.45, 7) is 16.6. The van der Waals surface area contributed by atoms with Crippen LogP contribution in [0.3, 0.4) is 0 Å². The molecule has 55 heavy (non-hydrogen) atoms. The number of rotatable bonds is 9. The van der Waals surface area contributed by atoms with E-state index < -0.39 is 10.8 Å². The molecular formula is C46H55BrN2O6. The van der Waals surface area contributed by atoms with Crippen LogP contribution >= 0.6 is 15.9 Å². The number of hydrogen-bond acceptors (Lipinski definition) is 8. The highest BCUT2D eigenvalue weighted by Gasteiger charge is 2.41. The van der Waals surface area contributed by atoms with Crippen molar-refractivity contribution in [2.45, 2.75) is 105 Å². The second-order valence-corrected chi connectivity index (χ2v) is 15.9. The van der Waals surface area contributed by atoms with Crippen molar-refractivity contribution >= 4 is 67.3 Å². The number of ether oxygens (including phenoxy) is 2. The Morgan fingerprint density at radius 3 is 1.62 bits per heavy atom. The number of hydrogen-bond donors (Lipinski definition) is 0. The fourth-order valence-electron chi connectivity index (χ4n) is 6.69.